The van der Waals surface area contributed by atoms with Crippen LogP contribution in [0.5, 0.6) is 40.2 Å². The summed E-state index contributed by atoms with van der Waals surface area (Å²) in [7, 11) is 5.03. The topological polar surface area (TPSA) is 188 Å². The summed E-state index contributed by atoms with van der Waals surface area (Å²) in [5.74, 6) is 1.26. The number of aryl methyl sites for hydroxylation is 1. The molecular weight excluding hydrogens is 989 g/mol. The van der Waals surface area contributed by atoms with E-state index in [4.69, 9.17) is 37.9 Å². The fraction of sp³-hybridized carbons (Fsp3) is 0.627. The van der Waals surface area contributed by atoms with Crippen molar-refractivity contribution in [1.29, 1.82) is 5.26 Å². The molecule has 7 atom stereocenters. The van der Waals surface area contributed by atoms with Crippen molar-refractivity contribution in [3.8, 4) is 46.3 Å². The molecule has 76 heavy (non-hydrogen) atoms. The Morgan fingerprint density at radius 3 is 2.21 bits per heavy atom. The largest absolute Gasteiger partial charge is 0.514 e. The minimum atomic E-state index is -1.46. The maximum absolute atomic E-state index is 15.3. The zero-order valence-electron chi connectivity index (χ0n) is 46.0. The number of carbonyl (C=O) groups excluding carboxylic acids is 3. The van der Waals surface area contributed by atoms with E-state index in [9.17, 15) is 20.0 Å². The molecule has 7 heterocycles. The lowest BCUT2D eigenvalue weighted by molar-refractivity contribution is -0.157. The van der Waals surface area contributed by atoms with E-state index in [1.807, 2.05) is 20.9 Å². The number of phenols is 1. The summed E-state index contributed by atoms with van der Waals surface area (Å²) < 4.78 is 48.9. The quantitative estimate of drug-likeness (QED) is 0.0529. The number of unbranched alkanes of at least 4 members (excludes halogenated alkanes) is 12. The van der Waals surface area contributed by atoms with Gasteiger partial charge in [-0.15, -0.1) is 11.8 Å². The van der Waals surface area contributed by atoms with E-state index in [1.165, 1.54) is 76.7 Å². The van der Waals surface area contributed by atoms with Gasteiger partial charge in [0.1, 0.15) is 24.0 Å². The number of fused-ring (bicyclic) bond motifs is 9. The normalized spacial score (nSPS) is 24.3. The number of hydrogen-bond donors (Lipinski definition) is 2. The van der Waals surface area contributed by atoms with Gasteiger partial charge in [0.15, 0.2) is 40.0 Å². The van der Waals surface area contributed by atoms with Crippen molar-refractivity contribution in [2.75, 3.05) is 47.0 Å². The van der Waals surface area contributed by atoms with E-state index in [1.54, 1.807) is 40.0 Å². The lowest BCUT2D eigenvalue weighted by Gasteiger charge is -2.62. The Morgan fingerprint density at radius 1 is 0.868 bits per heavy atom. The molecule has 3 aromatic carbocycles. The predicted molar refractivity (Wildman–Crippen MR) is 288 cm³/mol. The van der Waals surface area contributed by atoms with Crippen LogP contribution < -0.4 is 33.7 Å². The van der Waals surface area contributed by atoms with Crippen LogP contribution in [0.3, 0.4) is 0 Å². The number of piperazine rings is 1. The molecule has 7 aliphatic rings. The van der Waals surface area contributed by atoms with Crippen molar-refractivity contribution in [3.63, 3.8) is 0 Å². The maximum atomic E-state index is 15.3. The second-order valence-corrected chi connectivity index (χ2v) is 23.6. The SMILES string of the molecule is CCCCCCCCCCCCCCCC(=O)Oc1c(C)c2c(c3c1[C@H]1SC[C@]4(NCCc5cc(OC(=O)OC(C)(C)C)c(OC)cc54)C(=O)OC[C@H]3N3C1[C@H]1c4c(cc(C)c(OC)c4O)C[C@H]([C@@H]3C#N)N1C)OCO2. The fourth-order valence-corrected chi connectivity index (χ4v) is 14.6. The Labute approximate surface area is 452 Å². The molecule has 1 spiro atoms. The van der Waals surface area contributed by atoms with Crippen molar-refractivity contribution in [2.24, 2.45) is 0 Å². The van der Waals surface area contributed by atoms with Gasteiger partial charge in [-0.25, -0.2) is 9.59 Å². The second kappa shape index (κ2) is 23.3. The average molecular weight is 1070 g/mol. The number of thioether (sulfide) groups is 1. The molecule has 0 saturated carbocycles. The summed E-state index contributed by atoms with van der Waals surface area (Å²) in [6.07, 6.45) is 15.7. The monoisotopic (exact) mass is 1070 g/mol. The zero-order chi connectivity index (χ0) is 54.1. The van der Waals surface area contributed by atoms with Gasteiger partial charge in [-0.3, -0.25) is 19.9 Å². The first-order chi connectivity index (χ1) is 36.6. The lowest BCUT2D eigenvalue weighted by atomic mass is 9.71. The van der Waals surface area contributed by atoms with E-state index in [-0.39, 0.29) is 54.8 Å². The molecule has 0 radical (unpaired) electrons. The molecule has 16 nitrogen and oxygen atoms in total. The van der Waals surface area contributed by atoms with Gasteiger partial charge < -0.3 is 43.0 Å². The van der Waals surface area contributed by atoms with Gasteiger partial charge in [-0.05, 0) is 95.3 Å². The van der Waals surface area contributed by atoms with Gasteiger partial charge in [-0.1, -0.05) is 90.0 Å². The second-order valence-electron chi connectivity index (χ2n) is 22.5. The molecule has 17 heteroatoms. The number of likely N-dealkylation sites (N-methyl/N-ethyl adjacent to an activating group) is 1. The number of aromatic hydroxyl groups is 1. The average Bonchev–Trinajstić information content (AvgIpc) is 3.89. The standard InChI is InChI=1S/C59H78N4O12S/c1-10-11-12-13-14-15-16-17-18-19-20-21-22-23-44(64)74-52-35(3)53-54(72-33-71-53)46-41-31-70-56(66)59(38-29-42(68-8)43(28-36(38)24-25-61-59)73-57(67)75-58(4,5)6)32-76-55(47(46)52)49-48-45-37(26-34(2)51(69-9)50(45)65)27-39(62(48)7)40(30-60)63(41)49/h26,28-29,39-41,48-49,55,61,65H,10-25,27,31-33H2,1-9H3/t39-,40+,41-,48-,49?,55-,59-/m1/s1. The Kier molecular flexibility index (Phi) is 17.0. The molecule has 412 valence electrons. The molecular formula is C59H78N4O12S. The van der Waals surface area contributed by atoms with E-state index < -0.39 is 52.7 Å². The number of hydrogen-bond acceptors (Lipinski definition) is 17. The highest BCUT2D eigenvalue weighted by atomic mass is 32.2. The molecule has 0 aromatic heterocycles. The first kappa shape index (κ1) is 55.3. The smallest absolute Gasteiger partial charge is 0.504 e. The van der Waals surface area contributed by atoms with Gasteiger partial charge >= 0.3 is 18.1 Å². The van der Waals surface area contributed by atoms with Crippen molar-refractivity contribution in [2.45, 2.75) is 191 Å². The number of esters is 2. The first-order valence-corrected chi connectivity index (χ1v) is 28.7. The van der Waals surface area contributed by atoms with Crippen LogP contribution in [0, 0.1) is 25.2 Å². The third-order valence-corrected chi connectivity index (χ3v) is 17.9. The molecule has 2 fully saturated rings. The molecule has 4 bridgehead atoms. The summed E-state index contributed by atoms with van der Waals surface area (Å²) in [6.45, 7) is 11.4. The number of nitrogens with zero attached hydrogens (tertiary/aromatic N) is 3. The van der Waals surface area contributed by atoms with E-state index in [0.717, 1.165) is 36.0 Å². The van der Waals surface area contributed by atoms with Crippen molar-refractivity contribution in [1.82, 2.24) is 15.1 Å². The Hall–Kier alpha value is -5.41. The van der Waals surface area contributed by atoms with Gasteiger partial charge in [0.05, 0.1) is 37.6 Å². The number of rotatable bonds is 18. The molecule has 10 rings (SSSR count). The van der Waals surface area contributed by atoms with Gasteiger partial charge in [0.2, 0.25) is 6.79 Å². The number of phenolic OH excluding ortho intramolecular Hbond substituents is 1. The number of nitriles is 1. The molecule has 3 aromatic rings. The molecule has 0 aliphatic carbocycles. The van der Waals surface area contributed by atoms with Crippen LogP contribution in [0.2, 0.25) is 0 Å². The highest BCUT2D eigenvalue weighted by Crippen LogP contribution is 2.65. The molecule has 0 amide bonds. The predicted octanol–water partition coefficient (Wildman–Crippen LogP) is 11.1. The lowest BCUT2D eigenvalue weighted by Crippen LogP contribution is -2.69. The summed E-state index contributed by atoms with van der Waals surface area (Å²) in [5.41, 5.74) is 3.46. The van der Waals surface area contributed by atoms with Gasteiger partial charge in [0, 0.05) is 53.1 Å². The Balaban J connectivity index is 1.11. The molecule has 7 aliphatic heterocycles. The fourth-order valence-electron chi connectivity index (χ4n) is 12.9. The molecule has 1 unspecified atom stereocenters. The number of nitrogens with one attached hydrogen (secondary N) is 1. The number of carbonyl (C=O) groups is 3. The summed E-state index contributed by atoms with van der Waals surface area (Å²) >= 11 is 1.49. The van der Waals surface area contributed by atoms with Crippen molar-refractivity contribution < 1.29 is 57.4 Å². The third kappa shape index (κ3) is 10.5. The van der Waals surface area contributed by atoms with Crippen LogP contribution in [-0.2, 0) is 37.4 Å². The summed E-state index contributed by atoms with van der Waals surface area (Å²) in [5, 5.41) is 26.8. The maximum Gasteiger partial charge on any atom is 0.514 e. The Bertz CT molecular complexity index is 2720. The first-order valence-electron chi connectivity index (χ1n) is 27.7. The Morgan fingerprint density at radius 2 is 1.55 bits per heavy atom. The summed E-state index contributed by atoms with van der Waals surface area (Å²) in [4.78, 5) is 47.1. The van der Waals surface area contributed by atoms with Crippen molar-refractivity contribution >= 4 is 29.9 Å². The number of methoxy groups -OCH3 is 2. The highest BCUT2D eigenvalue weighted by molar-refractivity contribution is 7.99. The number of ether oxygens (including phenoxy) is 8. The van der Waals surface area contributed by atoms with Crippen molar-refractivity contribution in [3.05, 3.63) is 62.7 Å². The summed E-state index contributed by atoms with van der Waals surface area (Å²) in [6, 6.07) is 5.27. The molecule has 2 saturated heterocycles. The van der Waals surface area contributed by atoms with Gasteiger partial charge in [0.25, 0.3) is 0 Å². The van der Waals surface area contributed by atoms with Crippen LogP contribution in [0.25, 0.3) is 0 Å². The van der Waals surface area contributed by atoms with Crippen LogP contribution >= 0.6 is 11.8 Å². The van der Waals surface area contributed by atoms with Crippen LogP contribution in [0.1, 0.15) is 179 Å². The third-order valence-electron chi connectivity index (χ3n) is 16.5. The van der Waals surface area contributed by atoms with E-state index in [0.29, 0.717) is 76.6 Å². The highest BCUT2D eigenvalue weighted by Gasteiger charge is 2.62. The number of benzene rings is 3. The van der Waals surface area contributed by atoms with Crippen LogP contribution in [-0.4, -0.2) is 104 Å². The minimum Gasteiger partial charge on any atom is -0.504 e. The minimum absolute atomic E-state index is 0.0370. The van der Waals surface area contributed by atoms with Crippen LogP contribution in [0.15, 0.2) is 18.2 Å². The zero-order valence-corrected chi connectivity index (χ0v) is 46.8. The molecule has 2 N–H and O–H groups in total. The van der Waals surface area contributed by atoms with Gasteiger partial charge in [-0.2, -0.15) is 5.26 Å². The van der Waals surface area contributed by atoms with E-state index >= 15 is 4.79 Å². The van der Waals surface area contributed by atoms with E-state index in [2.05, 4.69) is 34.2 Å². The van der Waals surface area contributed by atoms with Crippen LogP contribution in [0.4, 0.5) is 4.79 Å².